The zero-order chi connectivity index (χ0) is 12.2. The molecule has 0 aromatic heterocycles. The van der Waals surface area contributed by atoms with Gasteiger partial charge in [0, 0.05) is 5.41 Å². The Balaban J connectivity index is 2.21. The average Bonchev–Trinajstić information content (AvgIpc) is 2.47. The van der Waals surface area contributed by atoms with Crippen molar-refractivity contribution in [2.45, 2.75) is 52.4 Å². The van der Waals surface area contributed by atoms with Crippen molar-refractivity contribution in [1.82, 2.24) is 0 Å². The van der Waals surface area contributed by atoms with Crippen molar-refractivity contribution in [3.8, 4) is 0 Å². The van der Waals surface area contributed by atoms with Crippen LogP contribution in [-0.2, 0) is 5.41 Å². The fourth-order valence-corrected chi connectivity index (χ4v) is 3.69. The summed E-state index contributed by atoms with van der Waals surface area (Å²) in [5, 5.41) is 0. The van der Waals surface area contributed by atoms with Gasteiger partial charge in [0.15, 0.2) is 0 Å². The predicted molar refractivity (Wildman–Crippen MR) is 74.1 cm³/mol. The van der Waals surface area contributed by atoms with Gasteiger partial charge in [0.05, 0.1) is 0 Å². The second-order valence-corrected chi connectivity index (χ2v) is 6.48. The Morgan fingerprint density at radius 3 is 2.76 bits per heavy atom. The summed E-state index contributed by atoms with van der Waals surface area (Å²) in [6.07, 6.45) is 3.96. The van der Waals surface area contributed by atoms with Crippen molar-refractivity contribution in [2.75, 3.05) is 0 Å². The molecule has 0 heterocycles. The van der Waals surface area contributed by atoms with Crippen LogP contribution in [0.3, 0.4) is 0 Å². The highest BCUT2D eigenvalue weighted by Crippen LogP contribution is 2.52. The standard InChI is InChI=1S/C17H22/c1-11-5-7-15-13(9-11)14-10-12(2)6-8-16(14)17(15,3)4/h5,7,9,12H,6,8,10H2,1-4H3/t12-/m0/s1. The summed E-state index contributed by atoms with van der Waals surface area (Å²) in [5.41, 5.74) is 8.17. The molecule has 17 heavy (non-hydrogen) atoms. The summed E-state index contributed by atoms with van der Waals surface area (Å²) in [4.78, 5) is 0. The van der Waals surface area contributed by atoms with Crippen molar-refractivity contribution in [3.63, 3.8) is 0 Å². The molecule has 0 nitrogen and oxygen atoms in total. The second-order valence-electron chi connectivity index (χ2n) is 6.48. The first kappa shape index (κ1) is 11.1. The summed E-state index contributed by atoms with van der Waals surface area (Å²) in [5.74, 6) is 0.857. The van der Waals surface area contributed by atoms with Gasteiger partial charge in [-0.05, 0) is 48.8 Å². The molecule has 0 amide bonds. The van der Waals surface area contributed by atoms with Gasteiger partial charge in [0.25, 0.3) is 0 Å². The van der Waals surface area contributed by atoms with Gasteiger partial charge in [-0.15, -0.1) is 0 Å². The molecular formula is C17H22. The van der Waals surface area contributed by atoms with Gasteiger partial charge < -0.3 is 0 Å². The van der Waals surface area contributed by atoms with E-state index in [1.54, 1.807) is 22.3 Å². The van der Waals surface area contributed by atoms with Gasteiger partial charge in [-0.3, -0.25) is 0 Å². The molecule has 2 aliphatic rings. The molecule has 0 spiro atoms. The van der Waals surface area contributed by atoms with E-state index in [4.69, 9.17) is 0 Å². The molecule has 1 aromatic rings. The first-order valence-corrected chi connectivity index (χ1v) is 6.84. The van der Waals surface area contributed by atoms with Crippen LogP contribution < -0.4 is 0 Å². The minimum atomic E-state index is 0.276. The summed E-state index contributed by atoms with van der Waals surface area (Å²) in [6.45, 7) is 9.40. The fraction of sp³-hybridized carbons (Fsp3) is 0.529. The minimum absolute atomic E-state index is 0.276. The van der Waals surface area contributed by atoms with E-state index in [0.29, 0.717) is 0 Å². The van der Waals surface area contributed by atoms with Gasteiger partial charge >= 0.3 is 0 Å². The first-order chi connectivity index (χ1) is 8.00. The molecule has 90 valence electrons. The normalized spacial score (nSPS) is 25.8. The number of benzene rings is 1. The molecule has 1 atom stereocenters. The lowest BCUT2D eigenvalue weighted by Gasteiger charge is -2.28. The van der Waals surface area contributed by atoms with Gasteiger partial charge in [-0.1, -0.05) is 50.1 Å². The quantitative estimate of drug-likeness (QED) is 0.592. The fourth-order valence-electron chi connectivity index (χ4n) is 3.69. The highest BCUT2D eigenvalue weighted by molar-refractivity contribution is 5.81. The van der Waals surface area contributed by atoms with E-state index in [9.17, 15) is 0 Å². The molecular weight excluding hydrogens is 204 g/mol. The number of fused-ring (bicyclic) bond motifs is 2. The third-order valence-electron chi connectivity index (χ3n) is 4.73. The molecule has 0 heteroatoms. The molecule has 0 saturated carbocycles. The Morgan fingerprint density at radius 1 is 1.24 bits per heavy atom. The maximum atomic E-state index is 2.40. The second kappa shape index (κ2) is 3.48. The molecule has 3 rings (SSSR count). The smallest absolute Gasteiger partial charge is 0.0117 e. The number of hydrogen-bond acceptors (Lipinski definition) is 0. The van der Waals surface area contributed by atoms with Crippen molar-refractivity contribution in [2.24, 2.45) is 5.92 Å². The Hall–Kier alpha value is -1.04. The SMILES string of the molecule is Cc1ccc2c(c1)C1=C(CC[C@H](C)C1)C2(C)C. The average molecular weight is 226 g/mol. The van der Waals surface area contributed by atoms with E-state index in [2.05, 4.69) is 45.9 Å². The maximum Gasteiger partial charge on any atom is 0.0117 e. The van der Waals surface area contributed by atoms with Crippen LogP contribution in [-0.4, -0.2) is 0 Å². The summed E-state index contributed by atoms with van der Waals surface area (Å²) < 4.78 is 0. The largest absolute Gasteiger partial charge is 0.0622 e. The number of aryl methyl sites for hydroxylation is 1. The van der Waals surface area contributed by atoms with Crippen LogP contribution in [0, 0.1) is 12.8 Å². The van der Waals surface area contributed by atoms with Crippen molar-refractivity contribution in [1.29, 1.82) is 0 Å². The van der Waals surface area contributed by atoms with E-state index >= 15 is 0 Å². The number of allylic oxidation sites excluding steroid dienone is 2. The van der Waals surface area contributed by atoms with Crippen LogP contribution in [0.15, 0.2) is 23.8 Å². The first-order valence-electron chi connectivity index (χ1n) is 6.84. The van der Waals surface area contributed by atoms with E-state index in [0.717, 1.165) is 5.92 Å². The Labute approximate surface area is 105 Å². The maximum absolute atomic E-state index is 2.40. The summed E-state index contributed by atoms with van der Waals surface area (Å²) in [6, 6.07) is 7.02. The molecule has 0 fully saturated rings. The van der Waals surface area contributed by atoms with Gasteiger partial charge in [-0.2, -0.15) is 0 Å². The highest BCUT2D eigenvalue weighted by Gasteiger charge is 2.39. The van der Waals surface area contributed by atoms with Gasteiger partial charge in [0.1, 0.15) is 0 Å². The third-order valence-corrected chi connectivity index (χ3v) is 4.73. The van der Waals surface area contributed by atoms with Crippen LogP contribution in [0.1, 0.15) is 56.7 Å². The van der Waals surface area contributed by atoms with Crippen LogP contribution in [0.5, 0.6) is 0 Å². The number of hydrogen-bond donors (Lipinski definition) is 0. The molecule has 0 aliphatic heterocycles. The van der Waals surface area contributed by atoms with Crippen molar-refractivity contribution >= 4 is 5.57 Å². The Kier molecular flexibility index (Phi) is 2.26. The van der Waals surface area contributed by atoms with Crippen LogP contribution in [0.2, 0.25) is 0 Å². The molecule has 0 saturated heterocycles. The lowest BCUT2D eigenvalue weighted by molar-refractivity contribution is 0.489. The topological polar surface area (TPSA) is 0 Å². The molecule has 0 bridgehead atoms. The van der Waals surface area contributed by atoms with E-state index in [1.807, 2.05) is 0 Å². The molecule has 0 N–H and O–H groups in total. The lowest BCUT2D eigenvalue weighted by atomic mass is 9.76. The lowest BCUT2D eigenvalue weighted by Crippen LogP contribution is -2.19. The van der Waals surface area contributed by atoms with Gasteiger partial charge in [-0.25, -0.2) is 0 Å². The highest BCUT2D eigenvalue weighted by atomic mass is 14.4. The molecule has 2 aliphatic carbocycles. The van der Waals surface area contributed by atoms with E-state index < -0.39 is 0 Å². The molecule has 1 aromatic carbocycles. The third kappa shape index (κ3) is 1.50. The van der Waals surface area contributed by atoms with Crippen molar-refractivity contribution < 1.29 is 0 Å². The van der Waals surface area contributed by atoms with Gasteiger partial charge in [0.2, 0.25) is 0 Å². The van der Waals surface area contributed by atoms with Crippen molar-refractivity contribution in [3.05, 3.63) is 40.5 Å². The van der Waals surface area contributed by atoms with Crippen LogP contribution in [0.25, 0.3) is 5.57 Å². The zero-order valence-corrected chi connectivity index (χ0v) is 11.4. The molecule has 0 unspecified atom stereocenters. The van der Waals surface area contributed by atoms with Crippen LogP contribution >= 0.6 is 0 Å². The van der Waals surface area contributed by atoms with E-state index in [-0.39, 0.29) is 5.41 Å². The number of rotatable bonds is 0. The Morgan fingerprint density at radius 2 is 2.00 bits per heavy atom. The minimum Gasteiger partial charge on any atom is -0.0622 e. The predicted octanol–water partition coefficient (Wildman–Crippen LogP) is 4.86. The monoisotopic (exact) mass is 226 g/mol. The Bertz CT molecular complexity index is 503. The van der Waals surface area contributed by atoms with Crippen LogP contribution in [0.4, 0.5) is 0 Å². The summed E-state index contributed by atoms with van der Waals surface area (Å²) in [7, 11) is 0. The molecule has 0 radical (unpaired) electrons. The zero-order valence-electron chi connectivity index (χ0n) is 11.4. The summed E-state index contributed by atoms with van der Waals surface area (Å²) >= 11 is 0. The van der Waals surface area contributed by atoms with E-state index in [1.165, 1.54) is 24.8 Å².